The minimum Gasteiger partial charge on any atom is -0.488 e. The van der Waals surface area contributed by atoms with Crippen LogP contribution in [0.5, 0.6) is 17.2 Å². The normalized spacial score (nSPS) is 12.6. The fourth-order valence-electron chi connectivity index (χ4n) is 3.05. The standard InChI is InChI=1S/C22H20BN3O5S/c1-13(12-27)30-17-7-14(21-25-20-9-15(23)11-24-22(20)26-21)8-18(10-17)31-16-3-5-19(6-4-16)32(2,28)29/h3-11,13,27H,12H2,1-2H3,(H,24,25,26)/t13-/m0/s1. The van der Waals surface area contributed by atoms with Gasteiger partial charge in [-0.1, -0.05) is 5.46 Å². The molecule has 8 nitrogen and oxygen atoms in total. The summed E-state index contributed by atoms with van der Waals surface area (Å²) in [5, 5.41) is 9.36. The van der Waals surface area contributed by atoms with Crippen LogP contribution in [0.3, 0.4) is 0 Å². The Labute approximate surface area is 186 Å². The van der Waals surface area contributed by atoms with E-state index in [2.05, 4.69) is 15.0 Å². The van der Waals surface area contributed by atoms with E-state index < -0.39 is 15.9 Å². The second-order valence-electron chi connectivity index (χ2n) is 7.37. The Morgan fingerprint density at radius 3 is 2.50 bits per heavy atom. The first-order valence-electron chi connectivity index (χ1n) is 9.73. The lowest BCUT2D eigenvalue weighted by atomic mass is 9.99. The number of rotatable bonds is 7. The number of aromatic amines is 1. The number of fused-ring (bicyclic) bond motifs is 1. The lowest BCUT2D eigenvalue weighted by Crippen LogP contribution is -2.16. The van der Waals surface area contributed by atoms with Gasteiger partial charge in [0.05, 0.1) is 17.0 Å². The van der Waals surface area contributed by atoms with Crippen molar-refractivity contribution in [1.29, 1.82) is 0 Å². The number of hydrogen-bond donors (Lipinski definition) is 2. The summed E-state index contributed by atoms with van der Waals surface area (Å²) >= 11 is 0. The molecule has 2 aromatic heterocycles. The van der Waals surface area contributed by atoms with E-state index in [9.17, 15) is 13.5 Å². The number of imidazole rings is 1. The molecule has 0 amide bonds. The topological polar surface area (TPSA) is 114 Å². The number of hydrogen-bond acceptors (Lipinski definition) is 7. The van der Waals surface area contributed by atoms with Crippen LogP contribution in [-0.4, -0.2) is 55.3 Å². The number of aliphatic hydroxyl groups excluding tert-OH is 1. The Morgan fingerprint density at radius 2 is 1.81 bits per heavy atom. The van der Waals surface area contributed by atoms with Crippen molar-refractivity contribution in [2.45, 2.75) is 17.9 Å². The van der Waals surface area contributed by atoms with Gasteiger partial charge in [0.25, 0.3) is 0 Å². The number of nitrogens with one attached hydrogen (secondary N) is 1. The molecule has 0 unspecified atom stereocenters. The molecule has 2 radical (unpaired) electrons. The van der Waals surface area contributed by atoms with E-state index >= 15 is 0 Å². The number of aromatic nitrogens is 3. The van der Waals surface area contributed by atoms with Crippen LogP contribution >= 0.6 is 0 Å². The highest BCUT2D eigenvalue weighted by molar-refractivity contribution is 7.90. The average molecular weight is 449 g/mol. The Balaban J connectivity index is 1.71. The van der Waals surface area contributed by atoms with Crippen LogP contribution in [0.1, 0.15) is 6.92 Å². The highest BCUT2D eigenvalue weighted by Gasteiger charge is 2.13. The van der Waals surface area contributed by atoms with Gasteiger partial charge in [-0.15, -0.1) is 0 Å². The molecule has 4 aromatic rings. The Hall–Kier alpha value is -3.37. The molecule has 0 aliphatic carbocycles. The van der Waals surface area contributed by atoms with Crippen LogP contribution < -0.4 is 14.9 Å². The molecule has 0 fully saturated rings. The van der Waals surface area contributed by atoms with E-state index in [-0.39, 0.29) is 11.5 Å². The van der Waals surface area contributed by atoms with Crippen molar-refractivity contribution < 1.29 is 23.0 Å². The van der Waals surface area contributed by atoms with Gasteiger partial charge < -0.3 is 19.6 Å². The zero-order valence-corrected chi connectivity index (χ0v) is 18.3. The highest BCUT2D eigenvalue weighted by atomic mass is 32.2. The Kier molecular flexibility index (Phi) is 5.90. The summed E-state index contributed by atoms with van der Waals surface area (Å²) in [6.07, 6.45) is 2.25. The van der Waals surface area contributed by atoms with Gasteiger partial charge >= 0.3 is 0 Å². The molecular weight excluding hydrogens is 429 g/mol. The van der Waals surface area contributed by atoms with E-state index in [1.165, 1.54) is 18.3 Å². The Bertz CT molecular complexity index is 1370. The molecule has 0 saturated heterocycles. The quantitative estimate of drug-likeness (QED) is 0.417. The van der Waals surface area contributed by atoms with Crippen molar-refractivity contribution in [3.05, 3.63) is 54.7 Å². The molecular formula is C22H20BN3O5S. The molecule has 2 aromatic carbocycles. The number of sulfone groups is 1. The molecule has 0 bridgehead atoms. The van der Waals surface area contributed by atoms with Crippen LogP contribution in [0.2, 0.25) is 0 Å². The van der Waals surface area contributed by atoms with E-state index in [0.29, 0.717) is 45.3 Å². The van der Waals surface area contributed by atoms with Crippen LogP contribution in [0, 0.1) is 0 Å². The number of ether oxygens (including phenoxy) is 2. The molecule has 1 atom stereocenters. The van der Waals surface area contributed by atoms with E-state index in [4.69, 9.17) is 17.3 Å². The van der Waals surface area contributed by atoms with Crippen LogP contribution in [0.15, 0.2) is 59.6 Å². The Morgan fingerprint density at radius 1 is 1.09 bits per heavy atom. The van der Waals surface area contributed by atoms with Gasteiger partial charge in [-0.2, -0.15) is 0 Å². The third-order valence-corrected chi connectivity index (χ3v) is 5.72. The zero-order valence-electron chi connectivity index (χ0n) is 17.4. The second-order valence-corrected chi connectivity index (χ2v) is 9.39. The highest BCUT2D eigenvalue weighted by Crippen LogP contribution is 2.33. The van der Waals surface area contributed by atoms with Crippen molar-refractivity contribution in [3.63, 3.8) is 0 Å². The van der Waals surface area contributed by atoms with Crippen molar-refractivity contribution in [2.75, 3.05) is 12.9 Å². The minimum atomic E-state index is -3.30. The maximum atomic E-state index is 11.7. The summed E-state index contributed by atoms with van der Waals surface area (Å²) in [6.45, 7) is 1.59. The third-order valence-electron chi connectivity index (χ3n) is 4.59. The number of pyridine rings is 1. The van der Waals surface area contributed by atoms with Crippen molar-refractivity contribution in [1.82, 2.24) is 15.0 Å². The van der Waals surface area contributed by atoms with Crippen molar-refractivity contribution in [2.24, 2.45) is 0 Å². The fraction of sp³-hybridized carbons (Fsp3) is 0.182. The van der Waals surface area contributed by atoms with Crippen LogP contribution in [0.4, 0.5) is 0 Å². The molecule has 10 heteroatoms. The number of nitrogens with zero attached hydrogens (tertiary/aromatic N) is 2. The lowest BCUT2D eigenvalue weighted by Gasteiger charge is -2.15. The number of benzene rings is 2. The zero-order chi connectivity index (χ0) is 22.9. The minimum absolute atomic E-state index is 0.152. The molecule has 0 aliphatic rings. The molecule has 32 heavy (non-hydrogen) atoms. The van der Waals surface area contributed by atoms with E-state index in [1.807, 2.05) is 0 Å². The molecule has 0 spiro atoms. The maximum absolute atomic E-state index is 11.7. The first-order chi connectivity index (χ1) is 15.2. The number of aliphatic hydroxyl groups is 1. The summed E-state index contributed by atoms with van der Waals surface area (Å²) in [7, 11) is 2.50. The SMILES string of the molecule is [B]c1cnc2nc(-c3cc(Oc4ccc(S(C)(=O)=O)cc4)cc(O[C@@H](C)CO)c3)[nH]c2c1. The monoisotopic (exact) mass is 449 g/mol. The maximum Gasteiger partial charge on any atom is 0.178 e. The molecule has 162 valence electrons. The molecule has 2 heterocycles. The van der Waals surface area contributed by atoms with Gasteiger partial charge in [0, 0.05) is 24.1 Å². The van der Waals surface area contributed by atoms with Gasteiger partial charge in [0.1, 0.15) is 37.0 Å². The average Bonchev–Trinajstić information content (AvgIpc) is 3.16. The van der Waals surface area contributed by atoms with Crippen LogP contribution in [-0.2, 0) is 9.84 Å². The molecule has 0 aliphatic heterocycles. The fourth-order valence-corrected chi connectivity index (χ4v) is 3.68. The second kappa shape index (κ2) is 8.64. The smallest absolute Gasteiger partial charge is 0.178 e. The predicted molar refractivity (Wildman–Crippen MR) is 122 cm³/mol. The van der Waals surface area contributed by atoms with Gasteiger partial charge in [-0.05, 0) is 49.4 Å². The van der Waals surface area contributed by atoms with E-state index in [1.54, 1.807) is 43.3 Å². The van der Waals surface area contributed by atoms with Gasteiger partial charge in [0.15, 0.2) is 15.5 Å². The van der Waals surface area contributed by atoms with Gasteiger partial charge in [-0.25, -0.2) is 18.4 Å². The summed E-state index contributed by atoms with van der Waals surface area (Å²) in [6, 6.07) is 13.1. The number of H-pyrrole nitrogens is 1. The van der Waals surface area contributed by atoms with Crippen LogP contribution in [0.25, 0.3) is 22.6 Å². The van der Waals surface area contributed by atoms with Gasteiger partial charge in [-0.3, -0.25) is 0 Å². The summed E-state index contributed by atoms with van der Waals surface area (Å²) in [5.41, 5.74) is 2.40. The van der Waals surface area contributed by atoms with Crippen molar-refractivity contribution in [3.8, 4) is 28.6 Å². The molecule has 0 saturated carbocycles. The molecule has 2 N–H and O–H groups in total. The van der Waals surface area contributed by atoms with Crippen molar-refractivity contribution >= 4 is 34.3 Å². The summed E-state index contributed by atoms with van der Waals surface area (Å²) in [4.78, 5) is 12.1. The largest absolute Gasteiger partial charge is 0.488 e. The first-order valence-corrected chi connectivity index (χ1v) is 11.6. The lowest BCUT2D eigenvalue weighted by molar-refractivity contribution is 0.129. The van der Waals surface area contributed by atoms with Gasteiger partial charge in [0.2, 0.25) is 0 Å². The predicted octanol–water partition coefficient (Wildman–Crippen LogP) is 2.37. The third kappa shape index (κ3) is 4.92. The summed E-state index contributed by atoms with van der Waals surface area (Å²) < 4.78 is 35.1. The van der Waals surface area contributed by atoms with E-state index in [0.717, 1.165) is 6.26 Å². The first kappa shape index (κ1) is 21.9. The summed E-state index contributed by atoms with van der Waals surface area (Å²) in [5.74, 6) is 1.91. The molecule has 4 rings (SSSR count).